The highest BCUT2D eigenvalue weighted by Gasteiger charge is 2.65. The van der Waals surface area contributed by atoms with Crippen LogP contribution in [0.3, 0.4) is 0 Å². The second-order valence-corrected chi connectivity index (χ2v) is 18.3. The number of Topliss-reactive ketones (excluding diaryl/α,β-unsaturated/α-hetero) is 1. The molecule has 1 amide bonds. The molecule has 0 saturated heterocycles. The molecule has 9 nitrogen and oxygen atoms in total. The SMILES string of the molecule is CC(=O)OC1CCC2(C)C(CCC3(C)C4CCC5(NC(=O)C(C)(C)NC(C)(C)C)CC(=O)C(C(C)C)=C5C4CCC32)C1C.CNC.O=CO. The number of rotatable bonds is 5. The molecule has 9 heteroatoms. The molecule has 0 aromatic heterocycles. The number of fused-ring (bicyclic) bond motifs is 7. The van der Waals surface area contributed by atoms with Crippen LogP contribution in [-0.4, -0.2) is 66.1 Å². The van der Waals surface area contributed by atoms with Crippen molar-refractivity contribution in [2.45, 2.75) is 157 Å². The third kappa shape index (κ3) is 7.98. The molecule has 4 N–H and O–H groups in total. The second kappa shape index (κ2) is 15.1. The normalized spacial score (nSPS) is 36.8. The highest BCUT2D eigenvalue weighted by atomic mass is 16.5. The van der Waals surface area contributed by atoms with E-state index in [0.29, 0.717) is 36.0 Å². The van der Waals surface area contributed by atoms with Crippen molar-refractivity contribution >= 4 is 24.1 Å². The number of carboxylic acid groups (broad SMARTS) is 1. The van der Waals surface area contributed by atoms with E-state index >= 15 is 0 Å². The molecule has 49 heavy (non-hydrogen) atoms. The predicted molar refractivity (Wildman–Crippen MR) is 195 cm³/mol. The number of ketones is 1. The monoisotopic (exact) mass is 688 g/mol. The molecule has 9 atom stereocenters. The molecule has 5 aliphatic carbocycles. The number of esters is 1. The van der Waals surface area contributed by atoms with Gasteiger partial charge in [-0.3, -0.25) is 24.5 Å². The summed E-state index contributed by atoms with van der Waals surface area (Å²) in [5, 5.41) is 16.7. The lowest BCUT2D eigenvalue weighted by Gasteiger charge is -2.67. The Bertz CT molecular complexity index is 1270. The van der Waals surface area contributed by atoms with Crippen LogP contribution < -0.4 is 16.0 Å². The van der Waals surface area contributed by atoms with Crippen LogP contribution in [0, 0.1) is 46.3 Å². The highest BCUT2D eigenvalue weighted by Crippen LogP contribution is 2.70. The van der Waals surface area contributed by atoms with Gasteiger partial charge in [0.2, 0.25) is 5.91 Å². The maximum Gasteiger partial charge on any atom is 0.302 e. The van der Waals surface area contributed by atoms with Crippen molar-refractivity contribution in [2.24, 2.45) is 46.3 Å². The van der Waals surface area contributed by atoms with E-state index in [1.54, 1.807) is 6.92 Å². The van der Waals surface area contributed by atoms with E-state index in [0.717, 1.165) is 37.7 Å². The van der Waals surface area contributed by atoms with Crippen molar-refractivity contribution in [3.63, 3.8) is 0 Å². The fraction of sp³-hybridized carbons (Fsp3) is 0.850. The van der Waals surface area contributed by atoms with Crippen molar-refractivity contribution in [3.05, 3.63) is 11.1 Å². The van der Waals surface area contributed by atoms with Crippen molar-refractivity contribution in [2.75, 3.05) is 14.1 Å². The Morgan fingerprint density at radius 2 is 1.47 bits per heavy atom. The summed E-state index contributed by atoms with van der Waals surface area (Å²) in [5.74, 6) is 2.66. The van der Waals surface area contributed by atoms with Crippen molar-refractivity contribution in [3.8, 4) is 0 Å². The molecule has 0 aliphatic heterocycles. The number of amides is 1. The van der Waals surface area contributed by atoms with Crippen LogP contribution in [0.2, 0.25) is 0 Å². The molecule has 0 heterocycles. The van der Waals surface area contributed by atoms with E-state index in [-0.39, 0.29) is 52.5 Å². The van der Waals surface area contributed by atoms with Gasteiger partial charge in [-0.15, -0.1) is 0 Å². The Kier molecular flexibility index (Phi) is 12.7. The predicted octanol–water partition coefficient (Wildman–Crippen LogP) is 6.69. The van der Waals surface area contributed by atoms with E-state index < -0.39 is 11.1 Å². The van der Waals surface area contributed by atoms with Crippen LogP contribution >= 0.6 is 0 Å². The minimum absolute atomic E-state index is 0.0115. The van der Waals surface area contributed by atoms with Gasteiger partial charge in [-0.25, -0.2) is 0 Å². The summed E-state index contributed by atoms with van der Waals surface area (Å²) < 4.78 is 5.81. The van der Waals surface area contributed by atoms with Crippen molar-refractivity contribution in [1.82, 2.24) is 16.0 Å². The fourth-order valence-electron chi connectivity index (χ4n) is 11.8. The molecule has 4 fully saturated rings. The zero-order valence-electron chi connectivity index (χ0n) is 33.0. The Balaban J connectivity index is 0.00000101. The van der Waals surface area contributed by atoms with Crippen LogP contribution in [0.15, 0.2) is 11.1 Å². The van der Waals surface area contributed by atoms with Gasteiger partial charge in [0.05, 0.1) is 11.1 Å². The molecule has 5 rings (SSSR count). The Hall–Kier alpha value is -2.26. The fourth-order valence-corrected chi connectivity index (χ4v) is 11.8. The van der Waals surface area contributed by atoms with E-state index in [1.165, 1.54) is 24.8 Å². The zero-order chi connectivity index (χ0) is 37.3. The van der Waals surface area contributed by atoms with E-state index in [2.05, 4.69) is 71.3 Å². The summed E-state index contributed by atoms with van der Waals surface area (Å²) in [5.41, 5.74) is 1.22. The van der Waals surface area contributed by atoms with Crippen LogP contribution in [0.5, 0.6) is 0 Å². The van der Waals surface area contributed by atoms with Crippen molar-refractivity contribution < 1.29 is 29.0 Å². The van der Waals surface area contributed by atoms with Gasteiger partial charge < -0.3 is 20.5 Å². The zero-order valence-corrected chi connectivity index (χ0v) is 33.0. The molecule has 4 saturated carbocycles. The lowest BCUT2D eigenvalue weighted by Crippen LogP contribution is -2.66. The summed E-state index contributed by atoms with van der Waals surface area (Å²) >= 11 is 0. The lowest BCUT2D eigenvalue weighted by atomic mass is 9.38. The Morgan fingerprint density at radius 1 is 0.939 bits per heavy atom. The average molecular weight is 688 g/mol. The summed E-state index contributed by atoms with van der Waals surface area (Å²) in [6.07, 6.45) is 9.04. The van der Waals surface area contributed by atoms with Gasteiger partial charge in [-0.05, 0) is 158 Å². The summed E-state index contributed by atoms with van der Waals surface area (Å²) in [6.45, 7) is 23.3. The number of nitrogens with one attached hydrogen (secondary N) is 3. The van der Waals surface area contributed by atoms with Gasteiger partial charge >= 0.3 is 5.97 Å². The molecule has 280 valence electrons. The first-order chi connectivity index (χ1) is 22.6. The summed E-state index contributed by atoms with van der Waals surface area (Å²) in [6, 6.07) is 0. The molecular formula is C40H69N3O6. The first-order valence-electron chi connectivity index (χ1n) is 18.8. The quantitative estimate of drug-likeness (QED) is 0.186. The number of allylic oxidation sites excluding steroid dienone is 1. The lowest BCUT2D eigenvalue weighted by molar-refractivity contribution is -0.188. The molecular weight excluding hydrogens is 618 g/mol. The van der Waals surface area contributed by atoms with Gasteiger partial charge in [-0.2, -0.15) is 0 Å². The third-order valence-corrected chi connectivity index (χ3v) is 13.0. The van der Waals surface area contributed by atoms with Gasteiger partial charge in [0.25, 0.3) is 6.47 Å². The highest BCUT2D eigenvalue weighted by molar-refractivity contribution is 6.02. The Morgan fingerprint density at radius 3 is 2.00 bits per heavy atom. The standard InChI is InChI=1S/C37H60N2O4.C2H7N.CH2O2/c1-21(2)30-27(41)20-37(38-32(42)34(8,9)39-33(5,6)7)19-15-26-24(31(30)37)12-13-29-35(10)18-16-28(43-23(4)40)22(3)25(35)14-17-36(26,29)11;1-3-2;2-1-3/h21-22,24-26,28-29,39H,12-20H2,1-11H3,(H,38,42);3H,1-2H3;1H,(H,2,3). The van der Waals surface area contributed by atoms with Crippen LogP contribution in [0.25, 0.3) is 0 Å². The molecule has 0 aromatic carbocycles. The Labute approximate surface area is 296 Å². The van der Waals surface area contributed by atoms with Gasteiger partial charge in [0, 0.05) is 18.9 Å². The number of hydrogen-bond donors (Lipinski definition) is 4. The third-order valence-electron chi connectivity index (χ3n) is 13.0. The first-order valence-corrected chi connectivity index (χ1v) is 18.8. The number of carbonyl (C=O) groups excluding carboxylic acids is 3. The number of ether oxygens (including phenoxy) is 1. The number of carbonyl (C=O) groups is 4. The molecule has 0 bridgehead atoms. The molecule has 0 aromatic rings. The van der Waals surface area contributed by atoms with Crippen LogP contribution in [-0.2, 0) is 23.9 Å². The maximum absolute atomic E-state index is 14.0. The smallest absolute Gasteiger partial charge is 0.302 e. The van der Waals surface area contributed by atoms with E-state index in [1.807, 2.05) is 27.9 Å². The minimum Gasteiger partial charge on any atom is -0.483 e. The van der Waals surface area contributed by atoms with Crippen molar-refractivity contribution in [1.29, 1.82) is 0 Å². The van der Waals surface area contributed by atoms with Gasteiger partial charge in [-0.1, -0.05) is 34.6 Å². The topological polar surface area (TPSA) is 134 Å². The van der Waals surface area contributed by atoms with Crippen LogP contribution in [0.1, 0.15) is 134 Å². The summed E-state index contributed by atoms with van der Waals surface area (Å²) in [7, 11) is 3.75. The minimum atomic E-state index is -0.753. The van der Waals surface area contributed by atoms with E-state index in [9.17, 15) is 14.4 Å². The second-order valence-electron chi connectivity index (χ2n) is 18.3. The number of hydrogen-bond acceptors (Lipinski definition) is 7. The van der Waals surface area contributed by atoms with E-state index in [4.69, 9.17) is 14.6 Å². The largest absolute Gasteiger partial charge is 0.483 e. The molecule has 9 unspecified atom stereocenters. The summed E-state index contributed by atoms with van der Waals surface area (Å²) in [4.78, 5) is 48.0. The average Bonchev–Trinajstić information content (AvgIpc) is 3.26. The van der Waals surface area contributed by atoms with Gasteiger partial charge in [0.15, 0.2) is 5.78 Å². The molecule has 0 spiro atoms. The van der Waals surface area contributed by atoms with Crippen LogP contribution in [0.4, 0.5) is 0 Å². The molecule has 5 aliphatic rings. The molecule has 0 radical (unpaired) electrons. The first kappa shape index (κ1) is 41.2. The maximum atomic E-state index is 14.0. The van der Waals surface area contributed by atoms with Gasteiger partial charge in [0.1, 0.15) is 6.10 Å².